The fraction of sp³-hybridized carbons (Fsp3) is 0.240. The van der Waals surface area contributed by atoms with Crippen molar-refractivity contribution in [3.63, 3.8) is 0 Å². The molecule has 4 rings (SSSR count). The van der Waals surface area contributed by atoms with E-state index in [1.807, 2.05) is 0 Å². The van der Waals surface area contributed by atoms with Crippen LogP contribution in [0.5, 0.6) is 0 Å². The standard InChI is InChI=1S/C25H27N5O3S/c1-4-27-14-17-5-7-18(8-6-17)21-13-23(33-30-21)24-25(26)28-15-22(29-24)19-9-11-20(12-10-19)34(31,32)16(2)3/h5-13,15-16,27H,4,14H2,1-3H3,(H2,26,28)/i2D3,3D3,4D2,9D,13D,14D2,16D. The first-order valence-corrected chi connectivity index (χ1v) is 11.2. The van der Waals surface area contributed by atoms with Gasteiger partial charge in [-0.25, -0.2) is 18.4 Å². The van der Waals surface area contributed by atoms with Crippen LogP contribution < -0.4 is 11.1 Å². The molecule has 3 N–H and O–H groups in total. The SMILES string of the molecule is [2H]c1cc(S(=O)(=O)C([2H])(C([2H])([2H])[2H])C([2H])([2H])[2H])ccc1-c1cnc(N)c(-c2onc(-c3ccc(C([2H])([2H])NC([2H])([2H])C)cc3)c2[2H])n1. The fourth-order valence-corrected chi connectivity index (χ4v) is 3.57. The lowest BCUT2D eigenvalue weighted by molar-refractivity contribution is 0.434. The third-order valence-electron chi connectivity index (χ3n) is 4.61. The maximum absolute atomic E-state index is 13.2. The summed E-state index contributed by atoms with van der Waals surface area (Å²) in [4.78, 5) is 7.46. The van der Waals surface area contributed by atoms with Gasteiger partial charge in [0.25, 0.3) is 0 Å². The molecule has 0 atom stereocenters. The van der Waals surface area contributed by atoms with Gasteiger partial charge in [0.1, 0.15) is 5.69 Å². The third kappa shape index (κ3) is 4.85. The lowest BCUT2D eigenvalue weighted by Gasteiger charge is -2.09. The van der Waals surface area contributed by atoms with Crippen LogP contribution in [0.4, 0.5) is 5.82 Å². The first-order valence-electron chi connectivity index (χ1n) is 16.2. The molecule has 34 heavy (non-hydrogen) atoms. The monoisotopic (exact) mass is 490 g/mol. The maximum Gasteiger partial charge on any atom is 0.189 e. The molecule has 8 nitrogen and oxygen atoms in total. The number of benzene rings is 2. The van der Waals surface area contributed by atoms with E-state index in [1.165, 1.54) is 31.2 Å². The maximum atomic E-state index is 13.2. The predicted octanol–water partition coefficient (Wildman–Crippen LogP) is 4.34. The number of anilines is 1. The number of hydrogen-bond acceptors (Lipinski definition) is 8. The van der Waals surface area contributed by atoms with Crippen molar-refractivity contribution in [2.45, 2.75) is 37.2 Å². The van der Waals surface area contributed by atoms with E-state index in [-0.39, 0.29) is 45.8 Å². The van der Waals surface area contributed by atoms with Crippen LogP contribution in [0.1, 0.15) is 44.0 Å². The van der Waals surface area contributed by atoms with Gasteiger partial charge in [0.05, 0.1) is 24.8 Å². The van der Waals surface area contributed by atoms with E-state index in [4.69, 9.17) is 28.1 Å². The Hall–Kier alpha value is -3.56. The van der Waals surface area contributed by atoms with Gasteiger partial charge in [0.2, 0.25) is 0 Å². The molecule has 0 fully saturated rings. The highest BCUT2D eigenvalue weighted by Crippen LogP contribution is 2.30. The number of nitrogen functional groups attached to an aromatic ring is 1. The second-order valence-electron chi connectivity index (χ2n) is 6.82. The van der Waals surface area contributed by atoms with Crippen molar-refractivity contribution in [2.75, 3.05) is 12.2 Å². The van der Waals surface area contributed by atoms with Crippen LogP contribution in [0.2, 0.25) is 0 Å². The van der Waals surface area contributed by atoms with Crippen molar-refractivity contribution in [1.82, 2.24) is 20.4 Å². The van der Waals surface area contributed by atoms with Crippen molar-refractivity contribution in [3.8, 4) is 34.0 Å². The molecular formula is C25H27N5O3S. The fourth-order valence-electron chi connectivity index (χ4n) is 2.87. The molecule has 176 valence electrons. The molecule has 0 bridgehead atoms. The Morgan fingerprint density at radius 1 is 1.18 bits per heavy atom. The summed E-state index contributed by atoms with van der Waals surface area (Å²) in [5.41, 5.74) is 6.22. The highest BCUT2D eigenvalue weighted by atomic mass is 32.2. The van der Waals surface area contributed by atoms with E-state index < -0.39 is 52.7 Å². The number of hydrogen-bond donors (Lipinski definition) is 2. The van der Waals surface area contributed by atoms with E-state index in [9.17, 15) is 8.42 Å². The molecule has 0 saturated carbocycles. The lowest BCUT2D eigenvalue weighted by Crippen LogP contribution is -2.13. The number of nitrogens with two attached hydrogens (primary N) is 1. The van der Waals surface area contributed by atoms with Gasteiger partial charge in [0.15, 0.2) is 27.1 Å². The molecule has 0 aliphatic heterocycles. The molecule has 4 aromatic rings. The Balaban J connectivity index is 1.71. The third-order valence-corrected chi connectivity index (χ3v) is 6.02. The molecule has 0 amide bonds. The zero-order valence-electron chi connectivity index (χ0n) is 30.7. The van der Waals surface area contributed by atoms with Gasteiger partial charge >= 0.3 is 0 Å². The summed E-state index contributed by atoms with van der Waals surface area (Å²) in [6.07, 6.45) is 1.14. The Bertz CT molecular complexity index is 1910. The van der Waals surface area contributed by atoms with Crippen molar-refractivity contribution in [1.29, 1.82) is 0 Å². The van der Waals surface area contributed by atoms with Gasteiger partial charge in [0, 0.05) is 38.7 Å². The highest BCUT2D eigenvalue weighted by molar-refractivity contribution is 7.92. The summed E-state index contributed by atoms with van der Waals surface area (Å²) in [7, 11) is -5.37. The molecule has 0 radical (unpaired) electrons. The van der Waals surface area contributed by atoms with Crippen LogP contribution in [0.3, 0.4) is 0 Å². The topological polar surface area (TPSA) is 124 Å². The van der Waals surface area contributed by atoms with Crippen LogP contribution >= 0.6 is 0 Å². The zero-order chi connectivity index (χ0) is 35.5. The molecule has 0 aliphatic carbocycles. The summed E-state index contributed by atoms with van der Waals surface area (Å²) in [6.45, 7) is -10.6. The minimum Gasteiger partial charge on any atom is -0.382 e. The normalized spacial score (nSPS) is 19.3. The molecule has 0 aliphatic rings. The van der Waals surface area contributed by atoms with Crippen LogP contribution in [-0.4, -0.2) is 35.3 Å². The van der Waals surface area contributed by atoms with E-state index >= 15 is 0 Å². The highest BCUT2D eigenvalue weighted by Gasteiger charge is 2.20. The first kappa shape index (κ1) is 12.2. The van der Waals surface area contributed by atoms with E-state index in [1.54, 1.807) is 0 Å². The summed E-state index contributed by atoms with van der Waals surface area (Å²) in [5.74, 6) is -0.430. The average molecular weight is 491 g/mol. The number of nitrogens with one attached hydrogen (secondary N) is 1. The van der Waals surface area contributed by atoms with Gasteiger partial charge in [-0.2, -0.15) is 0 Å². The molecular weight excluding hydrogens is 450 g/mol. The summed E-state index contributed by atoms with van der Waals surface area (Å²) in [5, 5.41) is 2.22. The molecule has 0 spiro atoms. The Kier molecular flexibility index (Phi) is 3.51. The molecule has 2 heterocycles. The number of aromatic nitrogens is 3. The predicted molar refractivity (Wildman–Crippen MR) is 133 cm³/mol. The Morgan fingerprint density at radius 2 is 1.94 bits per heavy atom. The van der Waals surface area contributed by atoms with Gasteiger partial charge in [-0.3, -0.25) is 0 Å². The second kappa shape index (κ2) is 9.74. The van der Waals surface area contributed by atoms with Crippen molar-refractivity contribution < 1.29 is 30.8 Å². The molecule has 0 unspecified atom stereocenters. The Morgan fingerprint density at radius 3 is 2.65 bits per heavy atom. The van der Waals surface area contributed by atoms with E-state index in [2.05, 4.69) is 20.4 Å². The van der Waals surface area contributed by atoms with Crippen LogP contribution in [0.15, 0.2) is 70.2 Å². The van der Waals surface area contributed by atoms with Crippen LogP contribution in [0, 0.1) is 0 Å². The van der Waals surface area contributed by atoms with Crippen LogP contribution in [-0.2, 0) is 16.3 Å². The van der Waals surface area contributed by atoms with E-state index in [0.29, 0.717) is 11.6 Å². The first-order chi connectivity index (χ1) is 21.3. The Labute approximate surface area is 217 Å². The summed E-state index contributed by atoms with van der Waals surface area (Å²) < 4.78 is 133. The largest absolute Gasteiger partial charge is 0.382 e. The quantitative estimate of drug-likeness (QED) is 0.374. The number of nitrogens with zero attached hydrogens (tertiary/aromatic N) is 3. The average Bonchev–Trinajstić information content (AvgIpc) is 3.31. The smallest absolute Gasteiger partial charge is 0.189 e. The minimum absolute atomic E-state index is 0.0237. The van der Waals surface area contributed by atoms with Crippen molar-refractivity contribution >= 4 is 15.7 Å². The molecule has 0 saturated heterocycles. The lowest BCUT2D eigenvalue weighted by atomic mass is 10.1. The summed E-state index contributed by atoms with van der Waals surface area (Å²) in [6, 6.07) is 7.47. The molecule has 2 aromatic carbocycles. The number of sulfone groups is 1. The van der Waals surface area contributed by atoms with Crippen molar-refractivity contribution in [3.05, 3.63) is 66.3 Å². The summed E-state index contributed by atoms with van der Waals surface area (Å²) >= 11 is 0. The minimum atomic E-state index is -5.37. The molecule has 9 heteroatoms. The van der Waals surface area contributed by atoms with Crippen LogP contribution in [0.25, 0.3) is 34.0 Å². The van der Waals surface area contributed by atoms with Crippen molar-refractivity contribution in [2.24, 2.45) is 0 Å². The molecule has 2 aromatic heterocycles. The van der Waals surface area contributed by atoms with Gasteiger partial charge in [-0.05, 0) is 37.9 Å². The number of rotatable bonds is 8. The van der Waals surface area contributed by atoms with E-state index in [0.717, 1.165) is 18.3 Å². The zero-order valence-corrected chi connectivity index (χ0v) is 18.5. The second-order valence-corrected chi connectivity index (χ2v) is 8.71. The van der Waals surface area contributed by atoms with Gasteiger partial charge < -0.3 is 15.6 Å². The van der Waals surface area contributed by atoms with Gasteiger partial charge in [-0.1, -0.05) is 48.5 Å². The van der Waals surface area contributed by atoms with Gasteiger partial charge in [-0.15, -0.1) is 0 Å².